The average molecular weight is 224 g/mol. The van der Waals surface area contributed by atoms with Gasteiger partial charge in [-0.3, -0.25) is 4.79 Å². The third-order valence-corrected chi connectivity index (χ3v) is 3.67. The van der Waals surface area contributed by atoms with Crippen LogP contribution >= 0.6 is 0 Å². The van der Waals surface area contributed by atoms with E-state index in [4.69, 9.17) is 5.26 Å². The SMILES string of the molecule is CC(C)C1(C(=O)O)CCN(CCCC#N)C1. The number of nitriles is 1. The second-order valence-corrected chi connectivity index (χ2v) is 4.90. The summed E-state index contributed by atoms with van der Waals surface area (Å²) >= 11 is 0. The maximum Gasteiger partial charge on any atom is 0.311 e. The molecule has 0 aliphatic carbocycles. The average Bonchev–Trinajstić information content (AvgIpc) is 2.64. The van der Waals surface area contributed by atoms with E-state index in [1.54, 1.807) is 0 Å². The lowest BCUT2D eigenvalue weighted by Crippen LogP contribution is -2.39. The first-order valence-corrected chi connectivity index (χ1v) is 5.85. The predicted octanol–water partition coefficient (Wildman–Crippen LogP) is 1.72. The lowest BCUT2D eigenvalue weighted by molar-refractivity contribution is -0.151. The summed E-state index contributed by atoms with van der Waals surface area (Å²) in [7, 11) is 0. The van der Waals surface area contributed by atoms with Crippen LogP contribution in [0.4, 0.5) is 0 Å². The van der Waals surface area contributed by atoms with Gasteiger partial charge in [-0.25, -0.2) is 0 Å². The molecule has 1 atom stereocenters. The van der Waals surface area contributed by atoms with Gasteiger partial charge in [-0.1, -0.05) is 13.8 Å². The van der Waals surface area contributed by atoms with E-state index in [1.807, 2.05) is 13.8 Å². The highest BCUT2D eigenvalue weighted by Crippen LogP contribution is 2.38. The van der Waals surface area contributed by atoms with Crippen LogP contribution in [0.1, 0.15) is 33.1 Å². The standard InChI is InChI=1S/C12H20N2O2/c1-10(2)12(11(15)16)5-8-14(9-12)7-4-3-6-13/h10H,3-5,7-9H2,1-2H3,(H,15,16). The Kier molecular flexibility index (Phi) is 4.31. The van der Waals surface area contributed by atoms with Crippen molar-refractivity contribution in [2.75, 3.05) is 19.6 Å². The fraction of sp³-hybridized carbons (Fsp3) is 0.833. The van der Waals surface area contributed by atoms with Crippen molar-refractivity contribution in [1.82, 2.24) is 4.90 Å². The molecule has 90 valence electrons. The summed E-state index contributed by atoms with van der Waals surface area (Å²) in [5.41, 5.74) is -0.577. The molecule has 1 aliphatic rings. The Labute approximate surface area is 96.9 Å². The monoisotopic (exact) mass is 224 g/mol. The van der Waals surface area contributed by atoms with Crippen LogP contribution in [0, 0.1) is 22.7 Å². The number of aliphatic carboxylic acids is 1. The number of carboxylic acids is 1. The van der Waals surface area contributed by atoms with E-state index >= 15 is 0 Å². The highest BCUT2D eigenvalue weighted by atomic mass is 16.4. The van der Waals surface area contributed by atoms with Crippen molar-refractivity contribution in [3.05, 3.63) is 0 Å². The number of hydrogen-bond donors (Lipinski definition) is 1. The fourth-order valence-electron chi connectivity index (χ4n) is 2.38. The normalized spacial score (nSPS) is 25.9. The summed E-state index contributed by atoms with van der Waals surface area (Å²) in [6.07, 6.45) is 2.12. The van der Waals surface area contributed by atoms with Gasteiger partial charge in [0, 0.05) is 13.0 Å². The van der Waals surface area contributed by atoms with Crippen LogP contribution in [0.15, 0.2) is 0 Å². The quantitative estimate of drug-likeness (QED) is 0.722. The van der Waals surface area contributed by atoms with E-state index in [9.17, 15) is 9.90 Å². The molecule has 1 saturated heterocycles. The largest absolute Gasteiger partial charge is 0.481 e. The van der Waals surface area contributed by atoms with Gasteiger partial charge in [0.2, 0.25) is 0 Å². The second kappa shape index (κ2) is 5.31. The van der Waals surface area contributed by atoms with Crippen LogP contribution in [-0.2, 0) is 4.79 Å². The zero-order valence-electron chi connectivity index (χ0n) is 10.1. The van der Waals surface area contributed by atoms with Crippen LogP contribution in [0.25, 0.3) is 0 Å². The van der Waals surface area contributed by atoms with Crippen molar-refractivity contribution in [3.8, 4) is 6.07 Å². The molecule has 4 heteroatoms. The van der Waals surface area contributed by atoms with E-state index in [1.165, 1.54) is 0 Å². The summed E-state index contributed by atoms with van der Waals surface area (Å²) in [6.45, 7) is 6.27. The van der Waals surface area contributed by atoms with Crippen LogP contribution in [0.5, 0.6) is 0 Å². The summed E-state index contributed by atoms with van der Waals surface area (Å²) < 4.78 is 0. The molecule has 0 spiro atoms. The molecule has 0 saturated carbocycles. The summed E-state index contributed by atoms with van der Waals surface area (Å²) in [6, 6.07) is 2.11. The Hall–Kier alpha value is -1.08. The lowest BCUT2D eigenvalue weighted by Gasteiger charge is -2.28. The molecular weight excluding hydrogens is 204 g/mol. The number of rotatable bonds is 5. The first-order chi connectivity index (χ1) is 7.53. The summed E-state index contributed by atoms with van der Waals surface area (Å²) in [5.74, 6) is -0.517. The van der Waals surface area contributed by atoms with Gasteiger partial charge in [-0.2, -0.15) is 5.26 Å². The molecule has 0 aromatic rings. The first kappa shape index (κ1) is 13.0. The smallest absolute Gasteiger partial charge is 0.311 e. The van der Waals surface area contributed by atoms with Crippen molar-refractivity contribution in [2.45, 2.75) is 33.1 Å². The van der Waals surface area contributed by atoms with Crippen molar-refractivity contribution < 1.29 is 9.90 Å². The Morgan fingerprint density at radius 1 is 1.62 bits per heavy atom. The highest BCUT2D eigenvalue weighted by Gasteiger charge is 2.46. The Bertz CT molecular complexity index is 296. The van der Waals surface area contributed by atoms with Gasteiger partial charge in [0.1, 0.15) is 0 Å². The van der Waals surface area contributed by atoms with Gasteiger partial charge in [0.15, 0.2) is 0 Å². The zero-order chi connectivity index (χ0) is 12.2. The number of carboxylic acid groups (broad SMARTS) is 1. The first-order valence-electron chi connectivity index (χ1n) is 5.85. The molecule has 16 heavy (non-hydrogen) atoms. The molecule has 1 N–H and O–H groups in total. The maximum absolute atomic E-state index is 11.4. The molecule has 1 rings (SSSR count). The molecule has 0 bridgehead atoms. The molecule has 1 unspecified atom stereocenters. The molecular formula is C12H20N2O2. The number of carbonyl (C=O) groups is 1. The van der Waals surface area contributed by atoms with E-state index in [0.29, 0.717) is 13.0 Å². The summed E-state index contributed by atoms with van der Waals surface area (Å²) in [4.78, 5) is 13.5. The second-order valence-electron chi connectivity index (χ2n) is 4.90. The van der Waals surface area contributed by atoms with Gasteiger partial charge in [0.05, 0.1) is 11.5 Å². The minimum absolute atomic E-state index is 0.158. The molecule has 0 aromatic carbocycles. The van der Waals surface area contributed by atoms with Crippen molar-refractivity contribution in [1.29, 1.82) is 5.26 Å². The van der Waals surface area contributed by atoms with Crippen LogP contribution < -0.4 is 0 Å². The molecule has 0 radical (unpaired) electrons. The lowest BCUT2D eigenvalue weighted by atomic mass is 9.76. The van der Waals surface area contributed by atoms with E-state index < -0.39 is 11.4 Å². The van der Waals surface area contributed by atoms with Crippen LogP contribution in [0.2, 0.25) is 0 Å². The third kappa shape index (κ3) is 2.53. The van der Waals surface area contributed by atoms with Crippen LogP contribution in [-0.4, -0.2) is 35.6 Å². The van der Waals surface area contributed by atoms with Crippen LogP contribution in [0.3, 0.4) is 0 Å². The van der Waals surface area contributed by atoms with Crippen molar-refractivity contribution in [2.24, 2.45) is 11.3 Å². The van der Waals surface area contributed by atoms with E-state index in [0.717, 1.165) is 25.9 Å². The molecule has 1 heterocycles. The van der Waals surface area contributed by atoms with Crippen molar-refractivity contribution in [3.63, 3.8) is 0 Å². The van der Waals surface area contributed by atoms with E-state index in [2.05, 4.69) is 11.0 Å². The maximum atomic E-state index is 11.4. The molecule has 0 aromatic heterocycles. The fourth-order valence-corrected chi connectivity index (χ4v) is 2.38. The molecule has 0 amide bonds. The predicted molar refractivity (Wildman–Crippen MR) is 60.8 cm³/mol. The number of unbranched alkanes of at least 4 members (excludes halogenated alkanes) is 1. The number of hydrogen-bond acceptors (Lipinski definition) is 3. The highest BCUT2D eigenvalue weighted by molar-refractivity contribution is 5.75. The molecule has 1 aliphatic heterocycles. The van der Waals surface area contributed by atoms with Gasteiger partial charge in [-0.05, 0) is 31.8 Å². The Balaban J connectivity index is 2.54. The number of nitrogens with zero attached hydrogens (tertiary/aromatic N) is 2. The zero-order valence-corrected chi connectivity index (χ0v) is 10.1. The molecule has 4 nitrogen and oxygen atoms in total. The number of likely N-dealkylation sites (tertiary alicyclic amines) is 1. The summed E-state index contributed by atoms with van der Waals surface area (Å²) in [5, 5.41) is 17.8. The van der Waals surface area contributed by atoms with Gasteiger partial charge < -0.3 is 10.0 Å². The topological polar surface area (TPSA) is 64.3 Å². The minimum atomic E-state index is -0.676. The Morgan fingerprint density at radius 3 is 2.75 bits per heavy atom. The van der Waals surface area contributed by atoms with E-state index in [-0.39, 0.29) is 5.92 Å². The minimum Gasteiger partial charge on any atom is -0.481 e. The van der Waals surface area contributed by atoms with Gasteiger partial charge in [0.25, 0.3) is 0 Å². The van der Waals surface area contributed by atoms with Gasteiger partial charge in [-0.15, -0.1) is 0 Å². The molecule has 1 fully saturated rings. The van der Waals surface area contributed by atoms with Gasteiger partial charge >= 0.3 is 5.97 Å². The van der Waals surface area contributed by atoms with Crippen molar-refractivity contribution >= 4 is 5.97 Å². The third-order valence-electron chi connectivity index (χ3n) is 3.67. The Morgan fingerprint density at radius 2 is 2.31 bits per heavy atom.